The van der Waals surface area contributed by atoms with Gasteiger partial charge in [0.05, 0.1) is 5.60 Å². The molecule has 0 unspecified atom stereocenters. The molecule has 1 aliphatic heterocycles. The second kappa shape index (κ2) is 4.30. The molecule has 4 aliphatic rings. The van der Waals surface area contributed by atoms with E-state index in [0.29, 0.717) is 5.41 Å². The van der Waals surface area contributed by atoms with Crippen LogP contribution in [-0.4, -0.2) is 18.5 Å². The van der Waals surface area contributed by atoms with Crippen LogP contribution in [0.3, 0.4) is 0 Å². The zero-order chi connectivity index (χ0) is 11.7. The molecule has 0 amide bonds. The summed E-state index contributed by atoms with van der Waals surface area (Å²) in [5, 5.41) is 0. The Balaban J connectivity index is 0.00000108. The molecule has 4 fully saturated rings. The maximum atomic E-state index is 6.31. The molecule has 0 spiro atoms. The molecule has 5 atom stereocenters. The van der Waals surface area contributed by atoms with Crippen LogP contribution in [0.2, 0.25) is 6.32 Å². The van der Waals surface area contributed by atoms with E-state index in [9.17, 15) is 0 Å². The van der Waals surface area contributed by atoms with Gasteiger partial charge in [-0.15, -0.1) is 5.94 Å². The molecule has 1 radical (unpaired) electrons. The summed E-state index contributed by atoms with van der Waals surface area (Å²) >= 11 is 0. The van der Waals surface area contributed by atoms with Gasteiger partial charge in [-0.3, -0.25) is 0 Å². The Bertz CT molecular complexity index is 323. The van der Waals surface area contributed by atoms with Crippen molar-refractivity contribution in [2.24, 2.45) is 28.9 Å². The van der Waals surface area contributed by atoms with Crippen LogP contribution in [0.5, 0.6) is 0 Å². The molecule has 1 saturated heterocycles. The minimum absolute atomic E-state index is 0. The molecule has 0 aromatic rings. The van der Waals surface area contributed by atoms with Gasteiger partial charge in [-0.2, -0.15) is 0 Å². The summed E-state index contributed by atoms with van der Waals surface area (Å²) in [6.45, 7) is 11.3. The fraction of sp³-hybridized carbons (Fsp3) is 0.923. The van der Waals surface area contributed by atoms with Crippen molar-refractivity contribution in [3.05, 3.63) is 6.92 Å². The van der Waals surface area contributed by atoms with Gasteiger partial charge in [0.15, 0.2) is 0 Å². The van der Waals surface area contributed by atoms with Crippen molar-refractivity contribution in [3.8, 4) is 0 Å². The third-order valence-electron chi connectivity index (χ3n) is 5.94. The van der Waals surface area contributed by atoms with E-state index in [2.05, 4.69) is 27.7 Å². The smallest absolute Gasteiger partial charge is 0.280 e. The molecule has 0 aromatic heterocycles. The van der Waals surface area contributed by atoms with E-state index >= 15 is 0 Å². The monoisotopic (exact) mass is 309 g/mol. The molecule has 4 rings (SSSR count). The van der Waals surface area contributed by atoms with E-state index in [0.717, 1.165) is 24.1 Å². The van der Waals surface area contributed by atoms with E-state index in [4.69, 9.17) is 10.4 Å². The summed E-state index contributed by atoms with van der Waals surface area (Å²) < 4.78 is 6.31. The van der Waals surface area contributed by atoms with Crippen LogP contribution in [0, 0.1) is 30.1 Å². The van der Waals surface area contributed by atoms with Crippen molar-refractivity contribution >= 4 is 6.92 Å². The van der Waals surface area contributed by atoms with Gasteiger partial charge < -0.3 is 17.3 Å². The number of nitrogens with two attached hydrogens (primary N) is 1. The standard InChI is InChI=1S/C13H23BNO.Y/c1-8(15)14-7-10-5-9-6-11(12(9,2)3)13(10,4)16-14;/h8-11H,1,5-7,15H2,2-4H3;/q-1;/t8-,9+,10-,11-,13+;/m0./s1. The predicted octanol–water partition coefficient (Wildman–Crippen LogP) is 2.15. The molecular weight excluding hydrogens is 286 g/mol. The van der Waals surface area contributed by atoms with Crippen molar-refractivity contribution in [1.82, 2.24) is 0 Å². The fourth-order valence-corrected chi connectivity index (χ4v) is 4.68. The Morgan fingerprint density at radius 2 is 1.94 bits per heavy atom. The molecule has 3 aliphatic carbocycles. The minimum Gasteiger partial charge on any atom is -0.432 e. The van der Waals surface area contributed by atoms with Crippen molar-refractivity contribution < 1.29 is 37.4 Å². The first-order valence-corrected chi connectivity index (χ1v) is 6.62. The van der Waals surface area contributed by atoms with Gasteiger partial charge in [0, 0.05) is 32.7 Å². The SMILES string of the molecule is [CH2-][C@H](N)B1C[C@@H]2C[C@@H]3C[C@@H](C3(C)C)[C@]2(C)O1.[Y]. The van der Waals surface area contributed by atoms with E-state index in [1.807, 2.05) is 0 Å². The second-order valence-corrected chi connectivity index (χ2v) is 6.98. The van der Waals surface area contributed by atoms with Crippen LogP contribution < -0.4 is 5.73 Å². The minimum atomic E-state index is -0.0669. The normalized spacial score (nSPS) is 47.8. The van der Waals surface area contributed by atoms with E-state index < -0.39 is 0 Å². The van der Waals surface area contributed by atoms with Gasteiger partial charge in [0.2, 0.25) is 0 Å². The van der Waals surface area contributed by atoms with Crippen LogP contribution in [0.1, 0.15) is 33.6 Å². The molecule has 17 heavy (non-hydrogen) atoms. The molecule has 0 aromatic carbocycles. The molecule has 93 valence electrons. The topological polar surface area (TPSA) is 35.2 Å². The van der Waals surface area contributed by atoms with Gasteiger partial charge in [0.25, 0.3) is 6.92 Å². The van der Waals surface area contributed by atoms with E-state index in [1.165, 1.54) is 12.8 Å². The Hall–Kier alpha value is 1.09. The largest absolute Gasteiger partial charge is 0.432 e. The van der Waals surface area contributed by atoms with Gasteiger partial charge in [-0.05, 0) is 49.3 Å². The molecule has 2 bridgehead atoms. The number of hydrogen-bond donors (Lipinski definition) is 1. The average Bonchev–Trinajstić information content (AvgIpc) is 2.54. The van der Waals surface area contributed by atoms with Crippen LogP contribution in [-0.2, 0) is 37.4 Å². The first-order chi connectivity index (χ1) is 7.35. The molecule has 3 saturated carbocycles. The first-order valence-electron chi connectivity index (χ1n) is 6.62. The Morgan fingerprint density at radius 1 is 1.29 bits per heavy atom. The predicted molar refractivity (Wildman–Crippen MR) is 66.9 cm³/mol. The van der Waals surface area contributed by atoms with E-state index in [-0.39, 0.29) is 51.2 Å². The Labute approximate surface area is 131 Å². The van der Waals surface area contributed by atoms with Crippen LogP contribution in [0.4, 0.5) is 0 Å². The summed E-state index contributed by atoms with van der Waals surface area (Å²) in [4.78, 5) is 0. The maximum absolute atomic E-state index is 6.31. The quantitative estimate of drug-likeness (QED) is 0.595. The number of rotatable bonds is 1. The van der Waals surface area contributed by atoms with Crippen molar-refractivity contribution in [2.75, 3.05) is 0 Å². The third-order valence-corrected chi connectivity index (χ3v) is 5.94. The molecule has 4 heteroatoms. The van der Waals surface area contributed by atoms with Crippen molar-refractivity contribution in [3.63, 3.8) is 0 Å². The third kappa shape index (κ3) is 1.83. The summed E-state index contributed by atoms with van der Waals surface area (Å²) in [6.07, 6.45) is 3.83. The fourth-order valence-electron chi connectivity index (χ4n) is 4.68. The van der Waals surface area contributed by atoms with Gasteiger partial charge in [0.1, 0.15) is 0 Å². The number of hydrogen-bond acceptors (Lipinski definition) is 2. The first kappa shape index (κ1) is 14.5. The maximum Gasteiger partial charge on any atom is 0.280 e. The molecule has 2 N–H and O–H groups in total. The second-order valence-electron chi connectivity index (χ2n) is 6.98. The zero-order valence-corrected chi connectivity index (χ0v) is 14.1. The van der Waals surface area contributed by atoms with E-state index in [1.54, 1.807) is 0 Å². The Morgan fingerprint density at radius 3 is 2.47 bits per heavy atom. The molecule has 1 heterocycles. The van der Waals surface area contributed by atoms with Gasteiger partial charge >= 0.3 is 0 Å². The molecule has 2 nitrogen and oxygen atoms in total. The summed E-state index contributed by atoms with van der Waals surface area (Å²) in [5.74, 6) is 2.30. The summed E-state index contributed by atoms with van der Waals surface area (Å²) in [6, 6.07) is 0. The average molecular weight is 309 g/mol. The van der Waals surface area contributed by atoms with Gasteiger partial charge in [-0.25, -0.2) is 0 Å². The van der Waals surface area contributed by atoms with Crippen LogP contribution in [0.15, 0.2) is 0 Å². The van der Waals surface area contributed by atoms with Crippen molar-refractivity contribution in [1.29, 1.82) is 0 Å². The van der Waals surface area contributed by atoms with Crippen LogP contribution in [0.25, 0.3) is 0 Å². The summed E-state index contributed by atoms with van der Waals surface area (Å²) in [5.41, 5.74) is 6.46. The zero-order valence-electron chi connectivity index (χ0n) is 11.3. The van der Waals surface area contributed by atoms with Crippen LogP contribution >= 0.6 is 0 Å². The Kier molecular flexibility index (Phi) is 3.66. The summed E-state index contributed by atoms with van der Waals surface area (Å²) in [7, 11) is 0. The molecular formula is C13H23BNOY-. The van der Waals surface area contributed by atoms with Gasteiger partial charge in [-0.1, -0.05) is 13.8 Å². The van der Waals surface area contributed by atoms with Crippen molar-refractivity contribution in [2.45, 2.75) is 51.5 Å².